The molecule has 2 nitrogen and oxygen atoms in total. The van der Waals surface area contributed by atoms with Gasteiger partial charge in [0.05, 0.1) is 7.11 Å². The molecule has 0 saturated carbocycles. The zero-order valence-corrected chi connectivity index (χ0v) is 35.8. The normalized spacial score (nSPS) is 18.0. The fourth-order valence-corrected chi connectivity index (χ4v) is 17.6. The molecule has 8 heteroatoms. The molecule has 286 valence electrons. The number of ether oxygens (including phenoxy) is 2. The van der Waals surface area contributed by atoms with E-state index in [4.69, 9.17) is 9.47 Å². The van der Waals surface area contributed by atoms with Crippen LogP contribution < -0.4 is 9.47 Å². The summed E-state index contributed by atoms with van der Waals surface area (Å²) in [5, 5.41) is 0. The van der Waals surface area contributed by atoms with Crippen LogP contribution in [0, 0.1) is 6.92 Å². The molecule has 6 aromatic carbocycles. The number of hydrogen-bond acceptors (Lipinski definition) is 8. The minimum atomic E-state index is -0.133. The number of benzene rings is 6. The Morgan fingerprint density at radius 2 is 0.607 bits per heavy atom. The van der Waals surface area contributed by atoms with Crippen LogP contribution in [0.4, 0.5) is 0 Å². The van der Waals surface area contributed by atoms with E-state index in [1.807, 2.05) is 47.0 Å². The average Bonchev–Trinajstić information content (AvgIpc) is 4.06. The van der Waals surface area contributed by atoms with Crippen LogP contribution in [0.3, 0.4) is 0 Å². The molecule has 3 saturated heterocycles. The third-order valence-corrected chi connectivity index (χ3v) is 21.2. The second-order valence-electron chi connectivity index (χ2n) is 13.8. The molecule has 0 amide bonds. The second-order valence-corrected chi connectivity index (χ2v) is 22.5. The molecule has 9 rings (SSSR count). The summed E-state index contributed by atoms with van der Waals surface area (Å²) in [6.07, 6.45) is 0. The highest BCUT2D eigenvalue weighted by Gasteiger charge is 2.41. The molecule has 3 aliphatic rings. The molecule has 0 unspecified atom stereocenters. The molecule has 0 aromatic heterocycles. The van der Waals surface area contributed by atoms with Crippen molar-refractivity contribution in [2.75, 3.05) is 41.6 Å². The van der Waals surface area contributed by atoms with Crippen molar-refractivity contribution in [3.63, 3.8) is 0 Å². The quantitative estimate of drug-likeness (QED) is 0.134. The fourth-order valence-electron chi connectivity index (χ4n) is 7.71. The van der Waals surface area contributed by atoms with Crippen LogP contribution in [-0.4, -0.2) is 41.6 Å². The van der Waals surface area contributed by atoms with Crippen LogP contribution in [0.25, 0.3) is 11.1 Å². The van der Waals surface area contributed by atoms with E-state index in [1.54, 1.807) is 7.11 Å². The van der Waals surface area contributed by atoms with Crippen molar-refractivity contribution in [3.8, 4) is 28.4 Å². The van der Waals surface area contributed by atoms with Crippen LogP contribution in [0.5, 0.6) is 17.2 Å². The van der Waals surface area contributed by atoms with Crippen LogP contribution in [0.2, 0.25) is 0 Å². The molecule has 0 N–H and O–H groups in total. The molecule has 6 aromatic rings. The first-order chi connectivity index (χ1) is 27.0. The Kier molecular flexibility index (Phi) is 12.2. The molecule has 3 aliphatic heterocycles. The monoisotopic (exact) mass is 846 g/mol. The lowest BCUT2D eigenvalue weighted by atomic mass is 9.97. The van der Waals surface area contributed by atoms with Gasteiger partial charge in [-0.05, 0) is 87.8 Å². The van der Waals surface area contributed by atoms with Crippen molar-refractivity contribution in [2.24, 2.45) is 0 Å². The summed E-state index contributed by atoms with van der Waals surface area (Å²) in [4.78, 5) is 0. The summed E-state index contributed by atoms with van der Waals surface area (Å²) in [7, 11) is 1.72. The molecule has 0 radical (unpaired) electrons. The van der Waals surface area contributed by atoms with Crippen LogP contribution in [-0.2, 0) is 12.2 Å². The molecular formula is C48H46O2S6. The lowest BCUT2D eigenvalue weighted by Crippen LogP contribution is -2.16. The number of hydrogen-bond donors (Lipinski definition) is 0. The maximum Gasteiger partial charge on any atom is 0.127 e. The maximum atomic E-state index is 6.42. The Morgan fingerprint density at radius 1 is 0.357 bits per heavy atom. The van der Waals surface area contributed by atoms with Gasteiger partial charge in [0, 0.05) is 34.5 Å². The molecule has 0 atom stereocenters. The number of thioether (sulfide) groups is 6. The van der Waals surface area contributed by atoms with E-state index in [-0.39, 0.29) is 19.7 Å². The number of methoxy groups -OCH3 is 1. The van der Waals surface area contributed by atoms with E-state index >= 15 is 0 Å². The van der Waals surface area contributed by atoms with Gasteiger partial charge in [-0.1, -0.05) is 122 Å². The lowest BCUT2D eigenvalue weighted by Gasteiger charge is -2.29. The third-order valence-electron chi connectivity index (χ3n) is 10.6. The van der Waals surface area contributed by atoms with Crippen molar-refractivity contribution >= 4 is 70.6 Å². The van der Waals surface area contributed by atoms with E-state index < -0.39 is 0 Å². The van der Waals surface area contributed by atoms with E-state index in [2.05, 4.69) is 176 Å². The maximum absolute atomic E-state index is 6.42. The Morgan fingerprint density at radius 3 is 0.893 bits per heavy atom. The van der Waals surface area contributed by atoms with Gasteiger partial charge >= 0.3 is 0 Å². The van der Waals surface area contributed by atoms with Gasteiger partial charge in [0.1, 0.15) is 29.5 Å². The highest BCUT2D eigenvalue weighted by atomic mass is 32.2. The SMILES string of the molecule is C.COc1ccc(C2(c3ccc(Oc4ccc(C5(c6ccc(-c7ccc(C8(c9ccc(C)cc9)SCCS8)cc7)cc6)SCCS5)cc4)cc3)SCCS2)cc1. The van der Waals surface area contributed by atoms with Gasteiger partial charge in [-0.2, -0.15) is 0 Å². The molecule has 56 heavy (non-hydrogen) atoms. The van der Waals surface area contributed by atoms with Crippen molar-refractivity contribution in [1.82, 2.24) is 0 Å². The smallest absolute Gasteiger partial charge is 0.127 e. The topological polar surface area (TPSA) is 18.5 Å². The largest absolute Gasteiger partial charge is 0.497 e. The van der Waals surface area contributed by atoms with E-state index in [0.717, 1.165) is 40.3 Å². The van der Waals surface area contributed by atoms with Crippen LogP contribution in [0.1, 0.15) is 46.4 Å². The number of aryl methyl sites for hydroxylation is 1. The Bertz CT molecular complexity index is 2200. The molecular weight excluding hydrogens is 801 g/mol. The van der Waals surface area contributed by atoms with Crippen molar-refractivity contribution in [1.29, 1.82) is 0 Å². The molecule has 0 aliphatic carbocycles. The van der Waals surface area contributed by atoms with Gasteiger partial charge in [0.25, 0.3) is 0 Å². The predicted octanol–water partition coefficient (Wildman–Crippen LogP) is 14.1. The fraction of sp³-hybridized carbons (Fsp3) is 0.250. The van der Waals surface area contributed by atoms with E-state index in [1.165, 1.54) is 61.6 Å². The van der Waals surface area contributed by atoms with Crippen LogP contribution >= 0.6 is 70.6 Å². The summed E-state index contributed by atoms with van der Waals surface area (Å²) in [6.45, 7) is 2.16. The third kappa shape index (κ3) is 7.55. The Labute approximate surface area is 358 Å². The van der Waals surface area contributed by atoms with Gasteiger partial charge in [-0.15, -0.1) is 70.6 Å². The zero-order valence-electron chi connectivity index (χ0n) is 30.9. The molecule has 0 spiro atoms. The van der Waals surface area contributed by atoms with E-state index in [0.29, 0.717) is 0 Å². The highest BCUT2D eigenvalue weighted by molar-refractivity contribution is 8.21. The van der Waals surface area contributed by atoms with Crippen LogP contribution in [0.15, 0.2) is 146 Å². The van der Waals surface area contributed by atoms with Gasteiger partial charge in [-0.3, -0.25) is 0 Å². The van der Waals surface area contributed by atoms with Gasteiger partial charge in [0.2, 0.25) is 0 Å². The van der Waals surface area contributed by atoms with Gasteiger partial charge < -0.3 is 9.47 Å². The lowest BCUT2D eigenvalue weighted by molar-refractivity contribution is 0.414. The minimum Gasteiger partial charge on any atom is -0.497 e. The van der Waals surface area contributed by atoms with Crippen molar-refractivity contribution in [2.45, 2.75) is 26.6 Å². The Balaban J connectivity index is 0.00000441. The predicted molar refractivity (Wildman–Crippen MR) is 253 cm³/mol. The summed E-state index contributed by atoms with van der Waals surface area (Å²) in [6, 6.07) is 53.8. The van der Waals surface area contributed by atoms with Crippen molar-refractivity contribution < 1.29 is 9.47 Å². The second kappa shape index (κ2) is 17.1. The van der Waals surface area contributed by atoms with Gasteiger partial charge in [-0.25, -0.2) is 0 Å². The average molecular weight is 847 g/mol. The highest BCUT2D eigenvalue weighted by Crippen LogP contribution is 2.59. The first kappa shape index (κ1) is 39.8. The number of rotatable bonds is 10. The molecule has 0 bridgehead atoms. The zero-order chi connectivity index (χ0) is 37.3. The van der Waals surface area contributed by atoms with E-state index in [9.17, 15) is 0 Å². The molecule has 3 fully saturated rings. The molecule has 3 heterocycles. The summed E-state index contributed by atoms with van der Waals surface area (Å²) < 4.78 is 11.6. The van der Waals surface area contributed by atoms with Crippen molar-refractivity contribution in [3.05, 3.63) is 185 Å². The Hall–Kier alpha value is -2.98. The van der Waals surface area contributed by atoms with Gasteiger partial charge in [0.15, 0.2) is 0 Å². The first-order valence-electron chi connectivity index (χ1n) is 18.7. The minimum absolute atomic E-state index is 0. The standard InChI is InChI=1S/C47H42O2S6.CH4/c1-33-3-9-36(10-4-33)45(50-27-28-51-45)37-11-5-34(6-12-37)35-7-13-38(14-8-35)46(52-29-30-53-46)40-17-23-43(24-18-40)49-44-25-19-41(20-26-44)47(54-31-32-55-47)39-15-21-42(48-2)22-16-39;/h3-26H,27-32H2,1-2H3;1H4. The summed E-state index contributed by atoms with van der Waals surface area (Å²) >= 11 is 12.2. The summed E-state index contributed by atoms with van der Waals surface area (Å²) in [5.41, 5.74) is 11.8. The first-order valence-corrected chi connectivity index (χ1v) is 24.6. The summed E-state index contributed by atoms with van der Waals surface area (Å²) in [5.74, 6) is 9.46.